The first kappa shape index (κ1) is 13.3. The van der Waals surface area contributed by atoms with E-state index in [1.165, 1.54) is 0 Å². The van der Waals surface area contributed by atoms with Crippen LogP contribution in [-0.2, 0) is 6.42 Å². The van der Waals surface area contributed by atoms with Gasteiger partial charge in [0, 0.05) is 23.7 Å². The predicted molar refractivity (Wildman–Crippen MR) is 77.9 cm³/mol. The summed E-state index contributed by atoms with van der Waals surface area (Å²) in [5.74, 6) is 0. The predicted octanol–water partition coefficient (Wildman–Crippen LogP) is 2.75. The maximum absolute atomic E-state index is 11.7. The Bertz CT molecular complexity index is 590. The second-order valence-electron chi connectivity index (χ2n) is 4.64. The minimum absolute atomic E-state index is 0.204. The van der Waals surface area contributed by atoms with Gasteiger partial charge in [-0.1, -0.05) is 19.8 Å². The normalized spacial score (nSPS) is 10.6. The molecule has 0 aromatic carbocycles. The number of hydrogen-bond acceptors (Lipinski definition) is 3. The molecule has 0 bridgehead atoms. The molecule has 4 heteroatoms. The highest BCUT2D eigenvalue weighted by Gasteiger charge is 2.08. The van der Waals surface area contributed by atoms with Gasteiger partial charge in [0.05, 0.1) is 5.69 Å². The molecular weight excluding hydrogens is 238 g/mol. The zero-order valence-corrected chi connectivity index (χ0v) is 11.1. The third kappa shape index (κ3) is 3.22. The van der Waals surface area contributed by atoms with Crippen molar-refractivity contribution in [3.63, 3.8) is 0 Å². The Kier molecular flexibility index (Phi) is 4.34. The van der Waals surface area contributed by atoms with E-state index in [0.29, 0.717) is 0 Å². The van der Waals surface area contributed by atoms with Crippen molar-refractivity contribution in [3.8, 4) is 11.1 Å². The van der Waals surface area contributed by atoms with Crippen LogP contribution < -0.4 is 11.3 Å². The van der Waals surface area contributed by atoms with Crippen molar-refractivity contribution in [1.82, 2.24) is 9.97 Å². The van der Waals surface area contributed by atoms with Crippen LogP contribution in [0, 0.1) is 0 Å². The zero-order chi connectivity index (χ0) is 13.7. The quantitative estimate of drug-likeness (QED) is 0.809. The van der Waals surface area contributed by atoms with Crippen LogP contribution in [0.4, 0.5) is 5.69 Å². The minimum atomic E-state index is -0.204. The Morgan fingerprint density at radius 3 is 2.68 bits per heavy atom. The molecule has 0 amide bonds. The molecule has 2 heterocycles. The van der Waals surface area contributed by atoms with Crippen molar-refractivity contribution in [2.75, 3.05) is 5.73 Å². The van der Waals surface area contributed by atoms with Crippen LogP contribution in [0.2, 0.25) is 0 Å². The van der Waals surface area contributed by atoms with Crippen LogP contribution in [0.1, 0.15) is 31.9 Å². The third-order valence-corrected chi connectivity index (χ3v) is 3.17. The molecule has 0 fully saturated rings. The summed E-state index contributed by atoms with van der Waals surface area (Å²) in [6.07, 6.45) is 7.72. The lowest BCUT2D eigenvalue weighted by Crippen LogP contribution is -2.14. The van der Waals surface area contributed by atoms with Crippen molar-refractivity contribution in [2.24, 2.45) is 0 Å². The highest BCUT2D eigenvalue weighted by Crippen LogP contribution is 2.23. The molecule has 3 N–H and O–H groups in total. The van der Waals surface area contributed by atoms with Gasteiger partial charge in [-0.15, -0.1) is 0 Å². The number of aromatic amines is 1. The molecule has 0 aliphatic rings. The van der Waals surface area contributed by atoms with Crippen LogP contribution in [0.25, 0.3) is 11.1 Å². The van der Waals surface area contributed by atoms with Crippen molar-refractivity contribution >= 4 is 5.69 Å². The van der Waals surface area contributed by atoms with Crippen LogP contribution in [-0.4, -0.2) is 9.97 Å². The number of hydrogen-bond donors (Lipinski definition) is 2. The van der Waals surface area contributed by atoms with Gasteiger partial charge in [-0.05, 0) is 36.6 Å². The molecule has 0 spiro atoms. The van der Waals surface area contributed by atoms with Crippen LogP contribution in [0.5, 0.6) is 0 Å². The first-order chi connectivity index (χ1) is 9.22. The lowest BCUT2D eigenvalue weighted by Gasteiger charge is -2.10. The van der Waals surface area contributed by atoms with Crippen LogP contribution >= 0.6 is 0 Å². The molecule has 0 unspecified atom stereocenters. The Morgan fingerprint density at radius 2 is 2.00 bits per heavy atom. The number of nitrogens with zero attached hydrogens (tertiary/aromatic N) is 1. The fourth-order valence-corrected chi connectivity index (χ4v) is 2.12. The molecule has 100 valence electrons. The van der Waals surface area contributed by atoms with E-state index in [0.717, 1.165) is 42.5 Å². The first-order valence-corrected chi connectivity index (χ1v) is 6.64. The second kappa shape index (κ2) is 6.18. The standard InChI is InChI=1S/C15H19N3O/c1-2-3-4-5-14-12(10-13(16)15(19)18-14)11-6-8-17-9-7-11/h6-10H,2-5,16H2,1H3,(H,18,19). The number of nitrogen functional groups attached to an aromatic ring is 1. The molecule has 2 aromatic heterocycles. The number of rotatable bonds is 5. The molecule has 0 aliphatic carbocycles. The summed E-state index contributed by atoms with van der Waals surface area (Å²) < 4.78 is 0. The van der Waals surface area contributed by atoms with Gasteiger partial charge in [0.25, 0.3) is 5.56 Å². The summed E-state index contributed by atoms with van der Waals surface area (Å²) in [4.78, 5) is 18.6. The largest absolute Gasteiger partial charge is 0.394 e. The van der Waals surface area contributed by atoms with E-state index in [9.17, 15) is 4.79 Å². The molecule has 2 rings (SSSR count). The van der Waals surface area contributed by atoms with E-state index in [2.05, 4.69) is 16.9 Å². The highest BCUT2D eigenvalue weighted by molar-refractivity contribution is 5.68. The van der Waals surface area contributed by atoms with Crippen molar-refractivity contribution in [3.05, 3.63) is 46.6 Å². The van der Waals surface area contributed by atoms with Gasteiger partial charge in [0.2, 0.25) is 0 Å². The van der Waals surface area contributed by atoms with Gasteiger partial charge in [-0.3, -0.25) is 9.78 Å². The second-order valence-corrected chi connectivity index (χ2v) is 4.64. The van der Waals surface area contributed by atoms with Gasteiger partial charge in [-0.25, -0.2) is 0 Å². The number of aromatic nitrogens is 2. The molecule has 19 heavy (non-hydrogen) atoms. The zero-order valence-electron chi connectivity index (χ0n) is 11.1. The Balaban J connectivity index is 2.40. The molecule has 0 aliphatic heterocycles. The van der Waals surface area contributed by atoms with E-state index in [4.69, 9.17) is 5.73 Å². The fourth-order valence-electron chi connectivity index (χ4n) is 2.12. The molecule has 0 radical (unpaired) electrons. The summed E-state index contributed by atoms with van der Waals surface area (Å²) >= 11 is 0. The molecule has 0 atom stereocenters. The number of aryl methyl sites for hydroxylation is 1. The third-order valence-electron chi connectivity index (χ3n) is 3.17. The summed E-state index contributed by atoms with van der Waals surface area (Å²) in [5.41, 5.74) is 8.76. The number of H-pyrrole nitrogens is 1. The molecule has 0 saturated heterocycles. The minimum Gasteiger partial charge on any atom is -0.394 e. The fraction of sp³-hybridized carbons (Fsp3) is 0.333. The highest BCUT2D eigenvalue weighted by atomic mass is 16.1. The SMILES string of the molecule is CCCCCc1[nH]c(=O)c(N)cc1-c1ccncc1. The number of anilines is 1. The van der Waals surface area contributed by atoms with Gasteiger partial charge in [-0.2, -0.15) is 0 Å². The van der Waals surface area contributed by atoms with E-state index in [1.807, 2.05) is 12.1 Å². The first-order valence-electron chi connectivity index (χ1n) is 6.64. The maximum atomic E-state index is 11.7. The Labute approximate surface area is 112 Å². The van der Waals surface area contributed by atoms with Crippen LogP contribution in [0.3, 0.4) is 0 Å². The summed E-state index contributed by atoms with van der Waals surface area (Å²) in [6, 6.07) is 5.61. The van der Waals surface area contributed by atoms with Crippen molar-refractivity contribution in [2.45, 2.75) is 32.6 Å². The van der Waals surface area contributed by atoms with E-state index < -0.39 is 0 Å². The van der Waals surface area contributed by atoms with Gasteiger partial charge < -0.3 is 10.7 Å². The van der Waals surface area contributed by atoms with Gasteiger partial charge in [0.15, 0.2) is 0 Å². The van der Waals surface area contributed by atoms with E-state index in [1.54, 1.807) is 18.5 Å². The summed E-state index contributed by atoms with van der Waals surface area (Å²) in [6.45, 7) is 2.16. The number of pyridine rings is 2. The van der Waals surface area contributed by atoms with Gasteiger partial charge >= 0.3 is 0 Å². The van der Waals surface area contributed by atoms with Gasteiger partial charge in [0.1, 0.15) is 0 Å². The number of nitrogens with two attached hydrogens (primary N) is 1. The van der Waals surface area contributed by atoms with E-state index >= 15 is 0 Å². The lowest BCUT2D eigenvalue weighted by molar-refractivity contribution is 0.707. The molecule has 4 nitrogen and oxygen atoms in total. The lowest BCUT2D eigenvalue weighted by atomic mass is 10.0. The topological polar surface area (TPSA) is 71.8 Å². The Hall–Kier alpha value is -2.10. The van der Waals surface area contributed by atoms with Crippen molar-refractivity contribution in [1.29, 1.82) is 0 Å². The number of unbranched alkanes of at least 4 members (excludes halogenated alkanes) is 2. The summed E-state index contributed by atoms with van der Waals surface area (Å²) in [7, 11) is 0. The average molecular weight is 257 g/mol. The summed E-state index contributed by atoms with van der Waals surface area (Å²) in [5, 5.41) is 0. The Morgan fingerprint density at radius 1 is 1.26 bits per heavy atom. The molecule has 2 aromatic rings. The number of nitrogens with one attached hydrogen (secondary N) is 1. The van der Waals surface area contributed by atoms with Crippen molar-refractivity contribution < 1.29 is 0 Å². The average Bonchev–Trinajstić information content (AvgIpc) is 2.43. The van der Waals surface area contributed by atoms with Crippen LogP contribution in [0.15, 0.2) is 35.4 Å². The molecular formula is C15H19N3O. The van der Waals surface area contributed by atoms with E-state index in [-0.39, 0.29) is 11.2 Å². The monoisotopic (exact) mass is 257 g/mol. The smallest absolute Gasteiger partial charge is 0.271 e. The molecule has 0 saturated carbocycles. The maximum Gasteiger partial charge on any atom is 0.271 e.